The number of urea groups is 1. The quantitative estimate of drug-likeness (QED) is 0.661. The lowest BCUT2D eigenvalue weighted by atomic mass is 10.1. The maximum atomic E-state index is 13.6. The maximum absolute atomic E-state index is 13.6. The van der Waals surface area contributed by atoms with Gasteiger partial charge in [0.2, 0.25) is 5.91 Å². The lowest BCUT2D eigenvalue weighted by Crippen LogP contribution is -2.53. The summed E-state index contributed by atoms with van der Waals surface area (Å²) >= 11 is 0. The van der Waals surface area contributed by atoms with E-state index in [2.05, 4.69) is 10.6 Å². The zero-order chi connectivity index (χ0) is 23.1. The number of carbonyl (C=O) groups excluding carboxylic acids is 2. The number of alkyl halides is 3. The Morgan fingerprint density at radius 1 is 0.938 bits per heavy atom. The smallest absolute Gasteiger partial charge is 0.338 e. The van der Waals surface area contributed by atoms with E-state index < -0.39 is 17.6 Å². The number of anilines is 1. The zero-order valence-corrected chi connectivity index (χ0v) is 17.3. The zero-order valence-electron chi connectivity index (χ0n) is 17.3. The van der Waals surface area contributed by atoms with E-state index >= 15 is 0 Å². The molecule has 0 spiro atoms. The third-order valence-corrected chi connectivity index (χ3v) is 5.16. The van der Waals surface area contributed by atoms with E-state index in [0.717, 1.165) is 6.07 Å². The van der Waals surface area contributed by atoms with Gasteiger partial charge in [0.05, 0.1) is 17.8 Å². The molecule has 1 aliphatic heterocycles. The summed E-state index contributed by atoms with van der Waals surface area (Å²) in [4.78, 5) is 27.9. The Morgan fingerprint density at radius 2 is 1.59 bits per heavy atom. The first-order chi connectivity index (χ1) is 15.2. The van der Waals surface area contributed by atoms with E-state index in [1.54, 1.807) is 28.0 Å². The Labute approximate surface area is 183 Å². The summed E-state index contributed by atoms with van der Waals surface area (Å²) in [6.45, 7) is 1.79. The van der Waals surface area contributed by atoms with Crippen LogP contribution in [0.1, 0.15) is 11.1 Å². The van der Waals surface area contributed by atoms with Crippen molar-refractivity contribution in [1.29, 1.82) is 0 Å². The third kappa shape index (κ3) is 6.43. The van der Waals surface area contributed by atoms with Crippen LogP contribution in [0.5, 0.6) is 0 Å². The Morgan fingerprint density at radius 3 is 2.28 bits per heavy atom. The van der Waals surface area contributed by atoms with Crippen LogP contribution in [0.15, 0.2) is 48.5 Å². The van der Waals surface area contributed by atoms with Gasteiger partial charge in [0.15, 0.2) is 0 Å². The molecule has 10 heteroatoms. The van der Waals surface area contributed by atoms with Gasteiger partial charge in [-0.15, -0.1) is 0 Å². The molecule has 2 N–H and O–H groups in total. The first-order valence-corrected chi connectivity index (χ1v) is 10.2. The van der Waals surface area contributed by atoms with E-state index in [1.807, 2.05) is 0 Å². The number of piperazine rings is 1. The monoisotopic (exact) mass is 452 g/mol. The van der Waals surface area contributed by atoms with Gasteiger partial charge in [-0.1, -0.05) is 30.3 Å². The van der Waals surface area contributed by atoms with Crippen molar-refractivity contribution in [2.45, 2.75) is 12.6 Å². The molecule has 0 aromatic heterocycles. The molecule has 0 radical (unpaired) electrons. The summed E-state index contributed by atoms with van der Waals surface area (Å²) in [5, 5.41) is 5.07. The van der Waals surface area contributed by atoms with Gasteiger partial charge in [-0.05, 0) is 30.2 Å². The van der Waals surface area contributed by atoms with Crippen molar-refractivity contribution in [3.05, 3.63) is 65.5 Å². The van der Waals surface area contributed by atoms with Crippen LogP contribution in [0.4, 0.5) is 28.0 Å². The van der Waals surface area contributed by atoms with Crippen molar-refractivity contribution < 1.29 is 27.2 Å². The minimum Gasteiger partial charge on any atom is -0.338 e. The van der Waals surface area contributed by atoms with E-state index in [1.165, 1.54) is 24.3 Å². The highest BCUT2D eigenvalue weighted by molar-refractivity contribution is 5.93. The number of para-hydroxylation sites is 1. The molecule has 2 aromatic rings. The molecule has 0 bridgehead atoms. The Balaban J connectivity index is 1.41. The number of benzene rings is 2. The van der Waals surface area contributed by atoms with Crippen LogP contribution in [0.3, 0.4) is 0 Å². The highest BCUT2D eigenvalue weighted by atomic mass is 19.4. The minimum absolute atomic E-state index is 0.0745. The molecule has 1 aliphatic rings. The average Bonchev–Trinajstić information content (AvgIpc) is 2.75. The van der Waals surface area contributed by atoms with Crippen LogP contribution in [-0.2, 0) is 17.4 Å². The van der Waals surface area contributed by atoms with E-state index in [4.69, 9.17) is 0 Å². The summed E-state index contributed by atoms with van der Waals surface area (Å²) < 4.78 is 52.8. The van der Waals surface area contributed by atoms with Crippen molar-refractivity contribution >= 4 is 17.6 Å². The standard InChI is InChI=1S/C22H24F4N4O2/c23-18-7-3-1-5-16(18)9-10-27-21(32)30-13-11-29(12-14-30)15-20(31)28-19-8-4-2-6-17(19)22(24,25)26/h1-8H,9-15H2,(H,27,32)(H,28,31). The van der Waals surface area contributed by atoms with Crippen molar-refractivity contribution in [1.82, 2.24) is 15.1 Å². The van der Waals surface area contributed by atoms with Gasteiger partial charge in [0, 0.05) is 32.7 Å². The van der Waals surface area contributed by atoms with E-state index in [-0.39, 0.29) is 24.1 Å². The van der Waals surface area contributed by atoms with Gasteiger partial charge in [-0.3, -0.25) is 9.69 Å². The van der Waals surface area contributed by atoms with Crippen molar-refractivity contribution in [3.8, 4) is 0 Å². The van der Waals surface area contributed by atoms with Crippen LogP contribution in [0, 0.1) is 5.82 Å². The lowest BCUT2D eigenvalue weighted by molar-refractivity contribution is -0.137. The molecule has 1 heterocycles. The number of nitrogens with one attached hydrogen (secondary N) is 2. The molecular formula is C22H24F4N4O2. The molecular weight excluding hydrogens is 428 g/mol. The van der Waals surface area contributed by atoms with Crippen molar-refractivity contribution in [3.63, 3.8) is 0 Å². The number of rotatable bonds is 6. The highest BCUT2D eigenvalue weighted by Gasteiger charge is 2.33. The van der Waals surface area contributed by atoms with Crippen LogP contribution in [0.2, 0.25) is 0 Å². The molecule has 0 saturated carbocycles. The molecule has 0 unspecified atom stereocenters. The molecule has 32 heavy (non-hydrogen) atoms. The minimum atomic E-state index is -4.56. The number of carbonyl (C=O) groups is 2. The number of hydrogen-bond donors (Lipinski definition) is 2. The van der Waals surface area contributed by atoms with Gasteiger partial charge in [0.25, 0.3) is 0 Å². The fourth-order valence-corrected chi connectivity index (χ4v) is 3.46. The normalized spacial score (nSPS) is 14.8. The van der Waals surface area contributed by atoms with Crippen LogP contribution in [-0.4, -0.2) is 61.0 Å². The van der Waals surface area contributed by atoms with Crippen LogP contribution in [0.25, 0.3) is 0 Å². The predicted octanol–water partition coefficient (Wildman–Crippen LogP) is 3.35. The number of nitrogens with zero attached hydrogens (tertiary/aromatic N) is 2. The first kappa shape index (κ1) is 23.5. The van der Waals surface area contributed by atoms with Gasteiger partial charge in [-0.25, -0.2) is 9.18 Å². The Hall–Kier alpha value is -3.14. The lowest BCUT2D eigenvalue weighted by Gasteiger charge is -2.34. The largest absolute Gasteiger partial charge is 0.418 e. The third-order valence-electron chi connectivity index (χ3n) is 5.16. The second kappa shape index (κ2) is 10.4. The summed E-state index contributed by atoms with van der Waals surface area (Å²) in [6.07, 6.45) is -4.19. The maximum Gasteiger partial charge on any atom is 0.418 e. The fraction of sp³-hybridized carbons (Fsp3) is 0.364. The van der Waals surface area contributed by atoms with Crippen LogP contribution >= 0.6 is 0 Å². The molecule has 0 atom stereocenters. The topological polar surface area (TPSA) is 64.7 Å². The Bertz CT molecular complexity index is 944. The van der Waals surface area contributed by atoms with Crippen molar-refractivity contribution in [2.24, 2.45) is 0 Å². The average molecular weight is 452 g/mol. The first-order valence-electron chi connectivity index (χ1n) is 10.2. The Kier molecular flexibility index (Phi) is 7.68. The number of halogens is 4. The predicted molar refractivity (Wildman–Crippen MR) is 112 cm³/mol. The SMILES string of the molecule is O=C(CN1CCN(C(=O)NCCc2ccccc2F)CC1)Nc1ccccc1C(F)(F)F. The van der Waals surface area contributed by atoms with Crippen LogP contribution < -0.4 is 10.6 Å². The molecule has 3 amide bonds. The fourth-order valence-electron chi connectivity index (χ4n) is 3.46. The van der Waals surface area contributed by atoms with Gasteiger partial charge in [-0.2, -0.15) is 13.2 Å². The molecule has 172 valence electrons. The van der Waals surface area contributed by atoms with Crippen molar-refractivity contribution in [2.75, 3.05) is 44.6 Å². The number of amides is 3. The molecule has 1 fully saturated rings. The van der Waals surface area contributed by atoms with Gasteiger partial charge < -0.3 is 15.5 Å². The van der Waals surface area contributed by atoms with E-state index in [9.17, 15) is 27.2 Å². The second-order valence-electron chi connectivity index (χ2n) is 7.43. The summed E-state index contributed by atoms with van der Waals surface area (Å²) in [5.41, 5.74) is -0.654. The summed E-state index contributed by atoms with van der Waals surface area (Å²) in [6, 6.07) is 10.9. The second-order valence-corrected chi connectivity index (χ2v) is 7.43. The number of hydrogen-bond acceptors (Lipinski definition) is 3. The molecule has 0 aliphatic carbocycles. The molecule has 1 saturated heterocycles. The van der Waals surface area contributed by atoms with E-state index in [0.29, 0.717) is 44.7 Å². The van der Waals surface area contributed by atoms with Gasteiger partial charge >= 0.3 is 12.2 Å². The molecule has 3 rings (SSSR count). The molecule has 2 aromatic carbocycles. The van der Waals surface area contributed by atoms with Gasteiger partial charge in [0.1, 0.15) is 5.82 Å². The molecule has 6 nitrogen and oxygen atoms in total. The summed E-state index contributed by atoms with van der Waals surface area (Å²) in [7, 11) is 0. The summed E-state index contributed by atoms with van der Waals surface area (Å²) in [5.74, 6) is -0.865. The highest BCUT2D eigenvalue weighted by Crippen LogP contribution is 2.34.